The van der Waals surface area contributed by atoms with E-state index < -0.39 is 0 Å². The summed E-state index contributed by atoms with van der Waals surface area (Å²) in [6.45, 7) is 2.22. The van der Waals surface area contributed by atoms with Gasteiger partial charge in [0, 0.05) is 15.9 Å². The van der Waals surface area contributed by atoms with Crippen molar-refractivity contribution in [2.75, 3.05) is 6.54 Å². The molecule has 0 bridgehead atoms. The Bertz CT molecular complexity index is 354. The van der Waals surface area contributed by atoms with Crippen molar-refractivity contribution in [1.29, 1.82) is 0 Å². The Morgan fingerprint density at radius 3 is 2.86 bits per heavy atom. The zero-order valence-electron chi connectivity index (χ0n) is 7.61. The summed E-state index contributed by atoms with van der Waals surface area (Å²) in [5, 5.41) is 3.45. The minimum Gasteiger partial charge on any atom is -0.207 e. The third-order valence-corrected chi connectivity index (χ3v) is 2.33. The number of hydrogen-bond donors (Lipinski definition) is 0. The highest BCUT2D eigenvalue weighted by atomic mass is 79.9. The van der Waals surface area contributed by atoms with E-state index in [2.05, 4.69) is 26.0 Å². The molecule has 0 saturated carbocycles. The van der Waals surface area contributed by atoms with E-state index in [1.54, 1.807) is 0 Å². The van der Waals surface area contributed by atoms with Crippen molar-refractivity contribution >= 4 is 15.9 Å². The Hall–Kier alpha value is -1.06. The van der Waals surface area contributed by atoms with Gasteiger partial charge in [-0.3, -0.25) is 0 Å². The minimum atomic E-state index is -0.290. The predicted octanol–water partition coefficient (Wildman–Crippen LogP) is 4.00. The lowest BCUT2D eigenvalue weighted by molar-refractivity contribution is 0.620. The molecule has 0 unspecified atom stereocenters. The molecule has 1 aromatic rings. The quantitative estimate of drug-likeness (QED) is 0.447. The van der Waals surface area contributed by atoms with E-state index in [0.29, 0.717) is 11.0 Å². The Morgan fingerprint density at radius 1 is 1.57 bits per heavy atom. The zero-order chi connectivity index (χ0) is 10.6. The Labute approximate surface area is 89.7 Å². The third kappa shape index (κ3) is 3.01. The minimum absolute atomic E-state index is 0.0258. The average molecular weight is 258 g/mol. The van der Waals surface area contributed by atoms with Crippen LogP contribution in [0, 0.1) is 5.82 Å². The summed E-state index contributed by atoms with van der Waals surface area (Å²) in [5.41, 5.74) is 8.97. The van der Waals surface area contributed by atoms with Crippen molar-refractivity contribution in [2.45, 2.75) is 12.8 Å². The first-order chi connectivity index (χ1) is 6.63. The first-order valence-electron chi connectivity index (χ1n) is 4.10. The molecule has 74 valence electrons. The van der Waals surface area contributed by atoms with Crippen molar-refractivity contribution in [2.24, 2.45) is 5.11 Å². The maximum absolute atomic E-state index is 13.0. The van der Waals surface area contributed by atoms with E-state index in [0.717, 1.165) is 5.56 Å². The lowest BCUT2D eigenvalue weighted by Gasteiger charge is -2.08. The lowest BCUT2D eigenvalue weighted by atomic mass is 10.0. The Kier molecular flexibility index (Phi) is 3.92. The van der Waals surface area contributed by atoms with Gasteiger partial charge in [-0.1, -0.05) is 28.0 Å². The molecular formula is C9H9BrFN3. The van der Waals surface area contributed by atoms with Gasteiger partial charge in [-0.25, -0.2) is 4.39 Å². The summed E-state index contributed by atoms with van der Waals surface area (Å²) in [4.78, 5) is 2.67. The van der Waals surface area contributed by atoms with Crippen molar-refractivity contribution in [3.8, 4) is 0 Å². The standard InChI is InChI=1S/C9H9BrFN3/c1-6(5-13-14-12)7-2-8(10)4-9(11)3-7/h2-4,6H,5H2,1H3/t6-/m1/s1. The Morgan fingerprint density at radius 2 is 2.29 bits per heavy atom. The molecule has 0 N–H and O–H groups in total. The van der Waals surface area contributed by atoms with Gasteiger partial charge in [0.15, 0.2) is 0 Å². The molecule has 14 heavy (non-hydrogen) atoms. The van der Waals surface area contributed by atoms with E-state index in [9.17, 15) is 4.39 Å². The third-order valence-electron chi connectivity index (χ3n) is 1.87. The molecule has 0 aliphatic heterocycles. The van der Waals surface area contributed by atoms with Crippen LogP contribution >= 0.6 is 15.9 Å². The van der Waals surface area contributed by atoms with Gasteiger partial charge in [-0.15, -0.1) is 0 Å². The van der Waals surface area contributed by atoms with Gasteiger partial charge in [0.25, 0.3) is 0 Å². The molecule has 0 heterocycles. The first-order valence-corrected chi connectivity index (χ1v) is 4.89. The zero-order valence-corrected chi connectivity index (χ0v) is 9.20. The van der Waals surface area contributed by atoms with Gasteiger partial charge in [-0.2, -0.15) is 0 Å². The number of azide groups is 1. The summed E-state index contributed by atoms with van der Waals surface area (Å²) in [5.74, 6) is -0.264. The van der Waals surface area contributed by atoms with Crippen LogP contribution in [0.15, 0.2) is 27.8 Å². The van der Waals surface area contributed by atoms with Crippen molar-refractivity contribution in [3.63, 3.8) is 0 Å². The summed E-state index contributed by atoms with van der Waals surface area (Å²) >= 11 is 3.21. The largest absolute Gasteiger partial charge is 0.207 e. The van der Waals surface area contributed by atoms with Gasteiger partial charge >= 0.3 is 0 Å². The van der Waals surface area contributed by atoms with Gasteiger partial charge in [0.05, 0.1) is 0 Å². The van der Waals surface area contributed by atoms with Gasteiger partial charge in [0.1, 0.15) is 5.82 Å². The van der Waals surface area contributed by atoms with Crippen LogP contribution in [0.3, 0.4) is 0 Å². The second-order valence-electron chi connectivity index (χ2n) is 3.02. The predicted molar refractivity (Wildman–Crippen MR) is 56.5 cm³/mol. The van der Waals surface area contributed by atoms with Crippen LogP contribution in [-0.4, -0.2) is 6.54 Å². The van der Waals surface area contributed by atoms with E-state index in [4.69, 9.17) is 5.53 Å². The highest BCUT2D eigenvalue weighted by Crippen LogP contribution is 2.21. The second-order valence-corrected chi connectivity index (χ2v) is 3.93. The number of benzene rings is 1. The highest BCUT2D eigenvalue weighted by Gasteiger charge is 2.06. The van der Waals surface area contributed by atoms with Crippen molar-refractivity contribution in [1.82, 2.24) is 0 Å². The fourth-order valence-corrected chi connectivity index (χ4v) is 1.61. The van der Waals surface area contributed by atoms with Gasteiger partial charge < -0.3 is 0 Å². The molecule has 1 rings (SSSR count). The summed E-state index contributed by atoms with van der Waals surface area (Å²) in [6.07, 6.45) is 0. The van der Waals surface area contributed by atoms with Crippen LogP contribution in [0.5, 0.6) is 0 Å². The molecule has 0 aromatic heterocycles. The smallest absolute Gasteiger partial charge is 0.124 e. The molecule has 5 heteroatoms. The summed E-state index contributed by atoms with van der Waals surface area (Å²) in [6, 6.07) is 4.66. The average Bonchev–Trinajstić information content (AvgIpc) is 2.12. The number of rotatable bonds is 3. The maximum Gasteiger partial charge on any atom is 0.124 e. The van der Waals surface area contributed by atoms with E-state index in [1.165, 1.54) is 12.1 Å². The lowest BCUT2D eigenvalue weighted by Crippen LogP contribution is -1.97. The monoisotopic (exact) mass is 257 g/mol. The fraction of sp³-hybridized carbons (Fsp3) is 0.333. The molecule has 0 aliphatic carbocycles. The molecule has 3 nitrogen and oxygen atoms in total. The van der Waals surface area contributed by atoms with Gasteiger partial charge in [-0.05, 0) is 35.2 Å². The fourth-order valence-electron chi connectivity index (χ4n) is 1.12. The number of halogens is 2. The molecule has 1 aromatic carbocycles. The SMILES string of the molecule is C[C@H](CN=[N+]=[N-])c1cc(F)cc(Br)c1. The molecule has 0 fully saturated rings. The number of hydrogen-bond acceptors (Lipinski definition) is 1. The van der Waals surface area contributed by atoms with E-state index in [1.807, 2.05) is 13.0 Å². The van der Waals surface area contributed by atoms with Gasteiger partial charge in [0.2, 0.25) is 0 Å². The van der Waals surface area contributed by atoms with Crippen LogP contribution in [0.2, 0.25) is 0 Å². The Balaban J connectivity index is 2.88. The molecule has 0 radical (unpaired) electrons. The van der Waals surface area contributed by atoms with Crippen LogP contribution < -0.4 is 0 Å². The van der Waals surface area contributed by atoms with E-state index >= 15 is 0 Å². The van der Waals surface area contributed by atoms with Crippen LogP contribution in [0.1, 0.15) is 18.4 Å². The molecule has 0 saturated heterocycles. The second kappa shape index (κ2) is 4.98. The highest BCUT2D eigenvalue weighted by molar-refractivity contribution is 9.10. The molecule has 1 atom stereocenters. The summed E-state index contributed by atoms with van der Waals surface area (Å²) in [7, 11) is 0. The molecule has 0 spiro atoms. The van der Waals surface area contributed by atoms with Crippen molar-refractivity contribution in [3.05, 3.63) is 44.5 Å². The molecule has 0 aliphatic rings. The maximum atomic E-state index is 13.0. The normalized spacial score (nSPS) is 11.9. The van der Waals surface area contributed by atoms with Crippen LogP contribution in [0.25, 0.3) is 10.4 Å². The topological polar surface area (TPSA) is 48.8 Å². The molecule has 0 amide bonds. The summed E-state index contributed by atoms with van der Waals surface area (Å²) < 4.78 is 13.7. The first kappa shape index (κ1) is 11.0. The van der Waals surface area contributed by atoms with Crippen LogP contribution in [-0.2, 0) is 0 Å². The van der Waals surface area contributed by atoms with E-state index in [-0.39, 0.29) is 11.7 Å². The van der Waals surface area contributed by atoms with Crippen LogP contribution in [0.4, 0.5) is 4.39 Å². The molecular weight excluding hydrogens is 249 g/mol. The number of nitrogens with zero attached hydrogens (tertiary/aromatic N) is 3. The van der Waals surface area contributed by atoms with Crippen molar-refractivity contribution < 1.29 is 4.39 Å².